The zero-order valence-corrected chi connectivity index (χ0v) is 11.7. The van der Waals surface area contributed by atoms with Crippen molar-refractivity contribution >= 4 is 11.6 Å². The molecule has 0 bridgehead atoms. The molecule has 2 rings (SSSR count). The molecule has 1 aromatic heterocycles. The Kier molecular flexibility index (Phi) is 4.57. The summed E-state index contributed by atoms with van der Waals surface area (Å²) in [5.74, 6) is -0.0526. The Labute approximate surface area is 117 Å². The van der Waals surface area contributed by atoms with Crippen LogP contribution in [0.3, 0.4) is 0 Å². The van der Waals surface area contributed by atoms with Crippen molar-refractivity contribution in [3.05, 3.63) is 28.7 Å². The number of carbonyl (C=O) groups is 1. The summed E-state index contributed by atoms with van der Waals surface area (Å²) in [5, 5.41) is 2.86. The number of carbonyl (C=O) groups excluding carboxylic acids is 1. The SMILES string of the molecule is COCCn1cc(NC(=O)C2(CN)CCC2)ccc1=O. The topological polar surface area (TPSA) is 86.3 Å². The van der Waals surface area contributed by atoms with Crippen LogP contribution in [0.4, 0.5) is 5.69 Å². The Bertz CT molecular complexity index is 529. The van der Waals surface area contributed by atoms with Crippen molar-refractivity contribution < 1.29 is 9.53 Å². The van der Waals surface area contributed by atoms with Crippen molar-refractivity contribution in [2.75, 3.05) is 25.6 Å². The van der Waals surface area contributed by atoms with Crippen LogP contribution in [0, 0.1) is 5.41 Å². The van der Waals surface area contributed by atoms with Crippen molar-refractivity contribution in [1.82, 2.24) is 4.57 Å². The van der Waals surface area contributed by atoms with Gasteiger partial charge in [0.15, 0.2) is 0 Å². The largest absolute Gasteiger partial charge is 0.383 e. The molecule has 0 spiro atoms. The molecule has 1 aromatic rings. The minimum atomic E-state index is -0.423. The van der Waals surface area contributed by atoms with Crippen LogP contribution in [0.25, 0.3) is 0 Å². The molecular weight excluding hydrogens is 258 g/mol. The van der Waals surface area contributed by atoms with Crippen molar-refractivity contribution in [3.63, 3.8) is 0 Å². The van der Waals surface area contributed by atoms with E-state index in [4.69, 9.17) is 10.5 Å². The fourth-order valence-electron chi connectivity index (χ4n) is 2.36. The zero-order valence-electron chi connectivity index (χ0n) is 11.7. The summed E-state index contributed by atoms with van der Waals surface area (Å²) in [6.07, 6.45) is 4.34. The van der Waals surface area contributed by atoms with Gasteiger partial charge in [0.1, 0.15) is 0 Å². The van der Waals surface area contributed by atoms with Crippen LogP contribution in [0.15, 0.2) is 23.1 Å². The summed E-state index contributed by atoms with van der Waals surface area (Å²) in [7, 11) is 1.58. The van der Waals surface area contributed by atoms with E-state index in [1.54, 1.807) is 19.4 Å². The van der Waals surface area contributed by atoms with Crippen molar-refractivity contribution in [1.29, 1.82) is 0 Å². The molecule has 0 saturated heterocycles. The zero-order chi connectivity index (χ0) is 14.6. The van der Waals surface area contributed by atoms with Crippen molar-refractivity contribution in [2.45, 2.75) is 25.8 Å². The molecule has 20 heavy (non-hydrogen) atoms. The van der Waals surface area contributed by atoms with E-state index in [1.165, 1.54) is 10.6 Å². The second-order valence-corrected chi connectivity index (χ2v) is 5.23. The van der Waals surface area contributed by atoms with Gasteiger partial charge in [-0.3, -0.25) is 9.59 Å². The van der Waals surface area contributed by atoms with Gasteiger partial charge in [-0.05, 0) is 18.9 Å². The fraction of sp³-hybridized carbons (Fsp3) is 0.571. The average Bonchev–Trinajstić information content (AvgIpc) is 2.39. The van der Waals surface area contributed by atoms with Crippen LogP contribution < -0.4 is 16.6 Å². The summed E-state index contributed by atoms with van der Waals surface area (Å²) < 4.78 is 6.48. The smallest absolute Gasteiger partial charge is 0.250 e. The van der Waals surface area contributed by atoms with E-state index in [2.05, 4.69) is 5.32 Å². The Morgan fingerprint density at radius 3 is 2.80 bits per heavy atom. The van der Waals surface area contributed by atoms with Gasteiger partial charge in [0.05, 0.1) is 17.7 Å². The number of hydrogen-bond donors (Lipinski definition) is 2. The molecule has 0 radical (unpaired) electrons. The second kappa shape index (κ2) is 6.19. The fourth-order valence-corrected chi connectivity index (χ4v) is 2.36. The van der Waals surface area contributed by atoms with Gasteiger partial charge in [-0.2, -0.15) is 0 Å². The number of nitrogens with two attached hydrogens (primary N) is 1. The van der Waals surface area contributed by atoms with Gasteiger partial charge in [0, 0.05) is 32.5 Å². The number of nitrogens with one attached hydrogen (secondary N) is 1. The number of rotatable bonds is 6. The maximum absolute atomic E-state index is 12.3. The molecule has 3 N–H and O–H groups in total. The molecule has 1 saturated carbocycles. The molecule has 6 heteroatoms. The predicted molar refractivity (Wildman–Crippen MR) is 76.5 cm³/mol. The first-order chi connectivity index (χ1) is 9.61. The van der Waals surface area contributed by atoms with E-state index in [9.17, 15) is 9.59 Å². The summed E-state index contributed by atoms with van der Waals surface area (Å²) in [6, 6.07) is 3.06. The molecule has 0 unspecified atom stereocenters. The molecule has 1 heterocycles. The monoisotopic (exact) mass is 279 g/mol. The van der Waals surface area contributed by atoms with Gasteiger partial charge in [0.25, 0.3) is 5.56 Å². The van der Waals surface area contributed by atoms with Gasteiger partial charge in [-0.25, -0.2) is 0 Å². The third-order valence-electron chi connectivity index (χ3n) is 3.96. The lowest BCUT2D eigenvalue weighted by atomic mass is 9.68. The third kappa shape index (κ3) is 2.91. The number of anilines is 1. The van der Waals surface area contributed by atoms with E-state index < -0.39 is 5.41 Å². The highest BCUT2D eigenvalue weighted by atomic mass is 16.5. The Hall–Kier alpha value is -1.66. The second-order valence-electron chi connectivity index (χ2n) is 5.23. The van der Waals surface area contributed by atoms with Gasteiger partial charge >= 0.3 is 0 Å². The molecule has 1 amide bonds. The Morgan fingerprint density at radius 1 is 1.50 bits per heavy atom. The van der Waals surface area contributed by atoms with Crippen LogP contribution in [0.1, 0.15) is 19.3 Å². The minimum Gasteiger partial charge on any atom is -0.383 e. The molecule has 1 aliphatic rings. The van der Waals surface area contributed by atoms with E-state index in [0.717, 1.165) is 19.3 Å². The summed E-state index contributed by atoms with van der Waals surface area (Å²) in [5.41, 5.74) is 5.79. The van der Waals surface area contributed by atoms with E-state index >= 15 is 0 Å². The first kappa shape index (κ1) is 14.7. The summed E-state index contributed by atoms with van der Waals surface area (Å²) in [4.78, 5) is 23.9. The van der Waals surface area contributed by atoms with Crippen LogP contribution in [-0.4, -0.2) is 30.7 Å². The standard InChI is InChI=1S/C14H21N3O3/c1-20-8-7-17-9-11(3-4-12(17)18)16-13(19)14(10-15)5-2-6-14/h3-4,9H,2,5-8,10,15H2,1H3,(H,16,19). The van der Waals surface area contributed by atoms with Crippen LogP contribution in [-0.2, 0) is 16.1 Å². The van der Waals surface area contributed by atoms with Gasteiger partial charge < -0.3 is 20.4 Å². The average molecular weight is 279 g/mol. The number of hydrogen-bond acceptors (Lipinski definition) is 4. The number of methoxy groups -OCH3 is 1. The number of aromatic nitrogens is 1. The molecule has 1 fully saturated rings. The van der Waals surface area contributed by atoms with Crippen LogP contribution in [0.5, 0.6) is 0 Å². The number of amides is 1. The molecule has 0 aliphatic heterocycles. The van der Waals surface area contributed by atoms with Crippen molar-refractivity contribution in [3.8, 4) is 0 Å². The molecular formula is C14H21N3O3. The normalized spacial score (nSPS) is 16.5. The van der Waals surface area contributed by atoms with Crippen molar-refractivity contribution in [2.24, 2.45) is 11.1 Å². The van der Waals surface area contributed by atoms with E-state index in [0.29, 0.717) is 25.4 Å². The van der Waals surface area contributed by atoms with Gasteiger partial charge in [0.2, 0.25) is 5.91 Å². The summed E-state index contributed by atoms with van der Waals surface area (Å²) >= 11 is 0. The molecule has 1 aliphatic carbocycles. The first-order valence-electron chi connectivity index (χ1n) is 6.82. The first-order valence-corrected chi connectivity index (χ1v) is 6.82. The predicted octanol–water partition coefficient (Wildman–Crippen LogP) is 0.562. The lowest BCUT2D eigenvalue weighted by Crippen LogP contribution is -2.47. The van der Waals surface area contributed by atoms with E-state index in [-0.39, 0.29) is 11.5 Å². The molecule has 0 atom stereocenters. The quantitative estimate of drug-likeness (QED) is 0.796. The van der Waals surface area contributed by atoms with Crippen LogP contribution >= 0.6 is 0 Å². The molecule has 0 aromatic carbocycles. The van der Waals surface area contributed by atoms with Gasteiger partial charge in [-0.15, -0.1) is 0 Å². The third-order valence-corrected chi connectivity index (χ3v) is 3.96. The number of pyridine rings is 1. The minimum absolute atomic E-state index is 0.0526. The number of nitrogens with zero attached hydrogens (tertiary/aromatic N) is 1. The molecule has 110 valence electrons. The maximum Gasteiger partial charge on any atom is 0.250 e. The van der Waals surface area contributed by atoms with Gasteiger partial charge in [-0.1, -0.05) is 6.42 Å². The molecule has 6 nitrogen and oxygen atoms in total. The Morgan fingerprint density at radius 2 is 2.25 bits per heavy atom. The summed E-state index contributed by atoms with van der Waals surface area (Å²) in [6.45, 7) is 1.27. The highest BCUT2D eigenvalue weighted by molar-refractivity contribution is 5.96. The lowest BCUT2D eigenvalue weighted by Gasteiger charge is -2.39. The maximum atomic E-state index is 12.3. The Balaban J connectivity index is 2.09. The lowest BCUT2D eigenvalue weighted by molar-refractivity contribution is -0.129. The highest BCUT2D eigenvalue weighted by Gasteiger charge is 2.42. The van der Waals surface area contributed by atoms with Crippen LogP contribution in [0.2, 0.25) is 0 Å². The number of ether oxygens (including phenoxy) is 1. The van der Waals surface area contributed by atoms with E-state index in [1.807, 2.05) is 0 Å². The highest BCUT2D eigenvalue weighted by Crippen LogP contribution is 2.40.